The molecule has 1 amide bonds. The Hall–Kier alpha value is -4.00. The molecule has 168 valence electrons. The maximum Gasteiger partial charge on any atom is 0.416 e. The number of halogens is 3. The van der Waals surface area contributed by atoms with Crippen LogP contribution in [0.3, 0.4) is 0 Å². The molecule has 2 aromatic carbocycles. The molecule has 0 aliphatic rings. The van der Waals surface area contributed by atoms with Gasteiger partial charge in [-0.15, -0.1) is 0 Å². The van der Waals surface area contributed by atoms with E-state index >= 15 is 0 Å². The van der Waals surface area contributed by atoms with Gasteiger partial charge in [-0.3, -0.25) is 4.79 Å². The van der Waals surface area contributed by atoms with E-state index in [1.165, 1.54) is 37.5 Å². The van der Waals surface area contributed by atoms with Crippen molar-refractivity contribution in [3.8, 4) is 17.6 Å². The van der Waals surface area contributed by atoms with Crippen molar-refractivity contribution < 1.29 is 37.0 Å². The van der Waals surface area contributed by atoms with Gasteiger partial charge in [0.25, 0.3) is 5.91 Å². The second-order valence-corrected chi connectivity index (χ2v) is 6.21. The highest BCUT2D eigenvalue weighted by Crippen LogP contribution is 2.31. The third kappa shape index (κ3) is 6.77. The van der Waals surface area contributed by atoms with E-state index in [4.69, 9.17) is 14.2 Å². The van der Waals surface area contributed by atoms with Crippen LogP contribution in [0.15, 0.2) is 48.0 Å². The lowest BCUT2D eigenvalue weighted by Crippen LogP contribution is -2.15. The van der Waals surface area contributed by atoms with Crippen LogP contribution in [-0.2, 0) is 20.5 Å². The first-order valence-corrected chi connectivity index (χ1v) is 9.24. The van der Waals surface area contributed by atoms with E-state index in [2.05, 4.69) is 5.32 Å². The molecule has 0 aliphatic heterocycles. The van der Waals surface area contributed by atoms with Crippen molar-refractivity contribution >= 4 is 23.6 Å². The zero-order valence-corrected chi connectivity index (χ0v) is 17.2. The minimum absolute atomic E-state index is 0.105. The van der Waals surface area contributed by atoms with Crippen LogP contribution in [0, 0.1) is 11.3 Å². The van der Waals surface area contributed by atoms with E-state index in [0.717, 1.165) is 18.2 Å². The summed E-state index contributed by atoms with van der Waals surface area (Å²) in [6.07, 6.45) is -3.33. The minimum atomic E-state index is -4.57. The third-order valence-corrected chi connectivity index (χ3v) is 3.96. The average molecular weight is 448 g/mol. The highest BCUT2D eigenvalue weighted by Gasteiger charge is 2.30. The number of ether oxygens (including phenoxy) is 3. The zero-order chi connectivity index (χ0) is 23.7. The number of anilines is 1. The summed E-state index contributed by atoms with van der Waals surface area (Å²) in [6.45, 7) is 1.54. The largest absolute Gasteiger partial charge is 0.493 e. The number of carbonyl (C=O) groups is 2. The number of hydrogen-bond acceptors (Lipinski definition) is 6. The average Bonchev–Trinajstić information content (AvgIpc) is 2.76. The number of hydrogen-bond donors (Lipinski definition) is 1. The van der Waals surface area contributed by atoms with Gasteiger partial charge in [0.1, 0.15) is 11.6 Å². The number of amides is 1. The highest BCUT2D eigenvalue weighted by atomic mass is 19.4. The SMILES string of the molecule is CCOC(=O)COc1ccc(/C=C(/C#N)C(=O)Nc2cccc(C(F)(F)F)c2)cc1OC. The molecule has 7 nitrogen and oxygen atoms in total. The second-order valence-electron chi connectivity index (χ2n) is 6.21. The molecule has 0 unspecified atom stereocenters. The molecule has 0 fully saturated rings. The Kier molecular flexibility index (Phi) is 8.24. The van der Waals surface area contributed by atoms with Crippen LogP contribution in [-0.4, -0.2) is 32.2 Å². The van der Waals surface area contributed by atoms with Gasteiger partial charge in [-0.25, -0.2) is 4.79 Å². The van der Waals surface area contributed by atoms with Crippen molar-refractivity contribution in [1.82, 2.24) is 0 Å². The van der Waals surface area contributed by atoms with Crippen molar-refractivity contribution in [2.45, 2.75) is 13.1 Å². The van der Waals surface area contributed by atoms with Gasteiger partial charge in [0, 0.05) is 5.69 Å². The Morgan fingerprint density at radius 3 is 2.53 bits per heavy atom. The van der Waals surface area contributed by atoms with Crippen LogP contribution in [0.1, 0.15) is 18.1 Å². The van der Waals surface area contributed by atoms with Crippen LogP contribution >= 0.6 is 0 Å². The first-order chi connectivity index (χ1) is 15.2. The number of methoxy groups -OCH3 is 1. The second kappa shape index (κ2) is 10.9. The fraction of sp³-hybridized carbons (Fsp3) is 0.227. The van der Waals surface area contributed by atoms with E-state index in [1.807, 2.05) is 0 Å². The van der Waals surface area contributed by atoms with E-state index in [1.54, 1.807) is 13.0 Å². The first-order valence-electron chi connectivity index (χ1n) is 9.24. The van der Waals surface area contributed by atoms with Gasteiger partial charge >= 0.3 is 12.1 Å². The van der Waals surface area contributed by atoms with Gasteiger partial charge in [-0.2, -0.15) is 18.4 Å². The molecule has 0 radical (unpaired) electrons. The number of esters is 1. The van der Waals surface area contributed by atoms with Gasteiger partial charge in [-0.05, 0) is 48.9 Å². The monoisotopic (exact) mass is 448 g/mol. The molecule has 0 bridgehead atoms. The zero-order valence-electron chi connectivity index (χ0n) is 17.2. The third-order valence-electron chi connectivity index (χ3n) is 3.96. The number of rotatable bonds is 8. The summed E-state index contributed by atoms with van der Waals surface area (Å²) in [5, 5.41) is 11.6. The molecule has 32 heavy (non-hydrogen) atoms. The van der Waals surface area contributed by atoms with Crippen LogP contribution in [0.5, 0.6) is 11.5 Å². The molecular weight excluding hydrogens is 429 g/mol. The molecule has 1 N–H and O–H groups in total. The number of benzene rings is 2. The standard InChI is InChI=1S/C22H19F3N2O5/c1-3-31-20(28)13-32-18-8-7-14(10-19(18)30-2)9-15(12-26)21(29)27-17-6-4-5-16(11-17)22(23,24)25/h4-11H,3,13H2,1-2H3,(H,27,29)/b15-9-. The summed E-state index contributed by atoms with van der Waals surface area (Å²) in [7, 11) is 1.37. The summed E-state index contributed by atoms with van der Waals surface area (Å²) in [6, 6.07) is 10.2. The van der Waals surface area contributed by atoms with E-state index < -0.39 is 23.6 Å². The summed E-state index contributed by atoms with van der Waals surface area (Å²) in [5.41, 5.74) is -0.988. The molecule has 0 saturated carbocycles. The predicted octanol–water partition coefficient (Wildman–Crippen LogP) is 4.20. The Morgan fingerprint density at radius 2 is 1.91 bits per heavy atom. The molecule has 0 aromatic heterocycles. The van der Waals surface area contributed by atoms with Crippen molar-refractivity contribution in [3.63, 3.8) is 0 Å². The normalized spacial score (nSPS) is 11.3. The summed E-state index contributed by atoms with van der Waals surface area (Å²) < 4.78 is 53.8. The highest BCUT2D eigenvalue weighted by molar-refractivity contribution is 6.09. The Labute approximate surface area is 182 Å². The van der Waals surface area contributed by atoms with Crippen molar-refractivity contribution in [2.24, 2.45) is 0 Å². The van der Waals surface area contributed by atoms with Crippen molar-refractivity contribution in [2.75, 3.05) is 25.6 Å². The maximum absolute atomic E-state index is 12.8. The lowest BCUT2D eigenvalue weighted by molar-refractivity contribution is -0.145. The summed E-state index contributed by atoms with van der Waals surface area (Å²) >= 11 is 0. The van der Waals surface area contributed by atoms with Gasteiger partial charge in [0.05, 0.1) is 19.3 Å². The van der Waals surface area contributed by atoms with Crippen molar-refractivity contribution in [3.05, 3.63) is 59.2 Å². The first kappa shape index (κ1) is 24.3. The molecule has 10 heteroatoms. The Bertz CT molecular complexity index is 1060. The van der Waals surface area contributed by atoms with Crippen LogP contribution < -0.4 is 14.8 Å². The lowest BCUT2D eigenvalue weighted by Gasteiger charge is -2.11. The summed E-state index contributed by atoms with van der Waals surface area (Å²) in [5.74, 6) is -0.965. The van der Waals surface area contributed by atoms with E-state index in [-0.39, 0.29) is 36.0 Å². The number of carbonyl (C=O) groups excluding carboxylic acids is 2. The van der Waals surface area contributed by atoms with Crippen molar-refractivity contribution in [1.29, 1.82) is 5.26 Å². The molecule has 0 aliphatic carbocycles. The molecule has 0 spiro atoms. The van der Waals surface area contributed by atoms with E-state index in [9.17, 15) is 28.0 Å². The lowest BCUT2D eigenvalue weighted by atomic mass is 10.1. The quantitative estimate of drug-likeness (QED) is 0.369. The molecule has 0 atom stereocenters. The molecule has 2 aromatic rings. The Morgan fingerprint density at radius 1 is 1.16 bits per heavy atom. The number of nitriles is 1. The van der Waals surface area contributed by atoms with Gasteiger partial charge < -0.3 is 19.5 Å². The van der Waals surface area contributed by atoms with Crippen LogP contribution in [0.4, 0.5) is 18.9 Å². The van der Waals surface area contributed by atoms with Gasteiger partial charge in [0.15, 0.2) is 18.1 Å². The topological polar surface area (TPSA) is 97.7 Å². The fourth-order valence-electron chi connectivity index (χ4n) is 2.52. The number of nitrogens with zero attached hydrogens (tertiary/aromatic N) is 1. The summed E-state index contributed by atoms with van der Waals surface area (Å²) in [4.78, 5) is 23.8. The van der Waals surface area contributed by atoms with E-state index in [0.29, 0.717) is 5.56 Å². The number of nitrogens with one attached hydrogen (secondary N) is 1. The van der Waals surface area contributed by atoms with Gasteiger partial charge in [-0.1, -0.05) is 12.1 Å². The minimum Gasteiger partial charge on any atom is -0.493 e. The smallest absolute Gasteiger partial charge is 0.416 e. The number of alkyl halides is 3. The molecule has 0 heterocycles. The molecular formula is C22H19F3N2O5. The molecule has 2 rings (SSSR count). The predicted molar refractivity (Wildman–Crippen MR) is 109 cm³/mol. The maximum atomic E-state index is 12.8. The fourth-order valence-corrected chi connectivity index (χ4v) is 2.52. The molecule has 0 saturated heterocycles. The van der Waals surface area contributed by atoms with Crippen LogP contribution in [0.25, 0.3) is 6.08 Å². The van der Waals surface area contributed by atoms with Gasteiger partial charge in [0.2, 0.25) is 0 Å². The Balaban J connectivity index is 2.19. The van der Waals surface area contributed by atoms with Crippen LogP contribution in [0.2, 0.25) is 0 Å².